The highest BCUT2D eigenvalue weighted by Gasteiger charge is 2.08. The molecule has 0 aromatic heterocycles. The molecule has 0 unspecified atom stereocenters. The van der Waals surface area contributed by atoms with Crippen LogP contribution in [-0.2, 0) is 0 Å². The van der Waals surface area contributed by atoms with Crippen LogP contribution >= 0.6 is 0 Å². The minimum atomic E-state index is 0.988. The summed E-state index contributed by atoms with van der Waals surface area (Å²) in [7, 11) is 4.22. The summed E-state index contributed by atoms with van der Waals surface area (Å²) in [6.45, 7) is 4.65. The van der Waals surface area contributed by atoms with Gasteiger partial charge in [-0.05, 0) is 53.0 Å². The van der Waals surface area contributed by atoms with Crippen molar-refractivity contribution >= 4 is 0 Å². The van der Waals surface area contributed by atoms with Crippen LogP contribution in [0.15, 0.2) is 0 Å². The molecule has 2 nitrogen and oxygen atoms in total. The Morgan fingerprint density at radius 1 is 1.14 bits per heavy atom. The lowest BCUT2D eigenvalue weighted by Crippen LogP contribution is -2.19. The van der Waals surface area contributed by atoms with E-state index in [1.54, 1.807) is 0 Å². The molecule has 0 bridgehead atoms. The molecule has 0 spiro atoms. The molecule has 80 valence electrons. The second-order valence-electron chi connectivity index (χ2n) is 4.24. The van der Waals surface area contributed by atoms with Crippen LogP contribution in [0.2, 0.25) is 0 Å². The topological polar surface area (TPSA) is 6.48 Å². The maximum Gasteiger partial charge on any atom is 0.0601 e. The van der Waals surface area contributed by atoms with Crippen LogP contribution in [0.5, 0.6) is 0 Å². The Balaban J connectivity index is 1.97. The number of likely N-dealkylation sites (tertiary alicyclic amines) is 1. The van der Waals surface area contributed by atoms with Crippen molar-refractivity contribution in [3.05, 3.63) is 0 Å². The first kappa shape index (κ1) is 11.6. The molecule has 1 heterocycles. The van der Waals surface area contributed by atoms with E-state index >= 15 is 0 Å². The van der Waals surface area contributed by atoms with E-state index in [-0.39, 0.29) is 0 Å². The lowest BCUT2D eigenvalue weighted by atomic mass is 10.3. The second-order valence-corrected chi connectivity index (χ2v) is 4.24. The molecule has 1 saturated heterocycles. The van der Waals surface area contributed by atoms with Gasteiger partial charge in [0.05, 0.1) is 6.54 Å². The highest BCUT2D eigenvalue weighted by Crippen LogP contribution is 2.05. The summed E-state index contributed by atoms with van der Waals surface area (Å²) in [5, 5.41) is 0. The van der Waals surface area contributed by atoms with E-state index in [1.165, 1.54) is 32.4 Å². The third-order valence-electron chi connectivity index (χ3n) is 2.53. The fourth-order valence-electron chi connectivity index (χ4n) is 1.68. The number of nitrogens with zero attached hydrogens (tertiary/aromatic N) is 2. The second kappa shape index (κ2) is 6.86. The van der Waals surface area contributed by atoms with Crippen molar-refractivity contribution in [2.75, 3.05) is 40.3 Å². The van der Waals surface area contributed by atoms with E-state index < -0.39 is 0 Å². The molecule has 0 amide bonds. The van der Waals surface area contributed by atoms with Crippen molar-refractivity contribution in [1.82, 2.24) is 9.80 Å². The van der Waals surface area contributed by atoms with Gasteiger partial charge in [-0.15, -0.1) is 5.92 Å². The quantitative estimate of drug-likeness (QED) is 0.493. The van der Waals surface area contributed by atoms with Crippen molar-refractivity contribution < 1.29 is 0 Å². The average Bonchev–Trinajstić information content (AvgIpc) is 2.63. The molecule has 0 aliphatic carbocycles. The fourth-order valence-corrected chi connectivity index (χ4v) is 1.68. The molecular formula is C12H22N2. The first-order chi connectivity index (χ1) is 6.79. The van der Waals surface area contributed by atoms with E-state index in [4.69, 9.17) is 0 Å². The summed E-state index contributed by atoms with van der Waals surface area (Å²) in [4.78, 5) is 4.65. The molecule has 1 aliphatic rings. The van der Waals surface area contributed by atoms with Gasteiger partial charge in [-0.2, -0.15) is 0 Å². The Morgan fingerprint density at radius 3 is 2.50 bits per heavy atom. The minimum absolute atomic E-state index is 0.988. The fraction of sp³-hybridized carbons (Fsp3) is 0.833. The van der Waals surface area contributed by atoms with Gasteiger partial charge in [0.15, 0.2) is 0 Å². The van der Waals surface area contributed by atoms with Gasteiger partial charge in [0, 0.05) is 6.42 Å². The van der Waals surface area contributed by atoms with Gasteiger partial charge in [0.1, 0.15) is 0 Å². The number of unbranched alkanes of at least 4 members (excludes halogenated alkanes) is 1. The Kier molecular flexibility index (Phi) is 5.66. The third kappa shape index (κ3) is 5.26. The van der Waals surface area contributed by atoms with E-state index in [0.29, 0.717) is 0 Å². The molecule has 0 aromatic carbocycles. The van der Waals surface area contributed by atoms with E-state index in [9.17, 15) is 0 Å². The molecule has 0 aromatic rings. The first-order valence-corrected chi connectivity index (χ1v) is 5.62. The van der Waals surface area contributed by atoms with Crippen LogP contribution in [0.3, 0.4) is 0 Å². The van der Waals surface area contributed by atoms with Gasteiger partial charge in [0.2, 0.25) is 0 Å². The molecule has 1 rings (SSSR count). The largest absolute Gasteiger partial charge is 0.309 e. The molecule has 1 aliphatic heterocycles. The molecule has 1 fully saturated rings. The van der Waals surface area contributed by atoms with Crippen LogP contribution in [0, 0.1) is 11.8 Å². The predicted octanol–water partition coefficient (Wildman–Crippen LogP) is 1.43. The molecule has 2 heteroatoms. The lowest BCUT2D eigenvalue weighted by Gasteiger charge is -2.08. The van der Waals surface area contributed by atoms with E-state index in [2.05, 4.69) is 35.7 Å². The Bertz CT molecular complexity index is 194. The number of rotatable bonds is 4. The Morgan fingerprint density at radius 2 is 1.86 bits per heavy atom. The van der Waals surface area contributed by atoms with Crippen LogP contribution in [0.25, 0.3) is 0 Å². The smallest absolute Gasteiger partial charge is 0.0601 e. The van der Waals surface area contributed by atoms with Gasteiger partial charge in [-0.25, -0.2) is 0 Å². The molecular weight excluding hydrogens is 172 g/mol. The van der Waals surface area contributed by atoms with Gasteiger partial charge >= 0.3 is 0 Å². The molecule has 14 heavy (non-hydrogen) atoms. The minimum Gasteiger partial charge on any atom is -0.309 e. The summed E-state index contributed by atoms with van der Waals surface area (Å²) in [5.41, 5.74) is 0. The summed E-state index contributed by atoms with van der Waals surface area (Å²) < 4.78 is 0. The highest BCUT2D eigenvalue weighted by molar-refractivity contribution is 5.01. The van der Waals surface area contributed by atoms with Gasteiger partial charge < -0.3 is 4.90 Å². The molecule has 0 atom stereocenters. The van der Waals surface area contributed by atoms with Crippen LogP contribution in [0.1, 0.15) is 25.7 Å². The SMILES string of the molecule is CN(C)CCCC#CCN1CCCC1. The monoisotopic (exact) mass is 194 g/mol. The van der Waals surface area contributed by atoms with Crippen molar-refractivity contribution in [1.29, 1.82) is 0 Å². The normalized spacial score (nSPS) is 17.1. The lowest BCUT2D eigenvalue weighted by molar-refractivity contribution is 0.383. The van der Waals surface area contributed by atoms with Crippen molar-refractivity contribution in [3.8, 4) is 11.8 Å². The Hall–Kier alpha value is -0.520. The van der Waals surface area contributed by atoms with E-state index in [0.717, 1.165) is 19.5 Å². The average molecular weight is 194 g/mol. The summed E-state index contributed by atoms with van der Waals surface area (Å²) >= 11 is 0. The summed E-state index contributed by atoms with van der Waals surface area (Å²) in [6.07, 6.45) is 4.97. The van der Waals surface area contributed by atoms with Crippen molar-refractivity contribution in [3.63, 3.8) is 0 Å². The maximum atomic E-state index is 3.26. The van der Waals surface area contributed by atoms with Crippen LogP contribution < -0.4 is 0 Å². The van der Waals surface area contributed by atoms with Crippen molar-refractivity contribution in [2.45, 2.75) is 25.7 Å². The molecule has 0 radical (unpaired) electrons. The van der Waals surface area contributed by atoms with Gasteiger partial charge in [0.25, 0.3) is 0 Å². The van der Waals surface area contributed by atoms with Gasteiger partial charge in [-0.3, -0.25) is 4.90 Å². The van der Waals surface area contributed by atoms with Crippen molar-refractivity contribution in [2.24, 2.45) is 0 Å². The number of hydrogen-bond acceptors (Lipinski definition) is 2. The molecule has 0 N–H and O–H groups in total. The maximum absolute atomic E-state index is 3.26. The van der Waals surface area contributed by atoms with Crippen LogP contribution in [0.4, 0.5) is 0 Å². The highest BCUT2D eigenvalue weighted by atomic mass is 15.1. The standard InChI is InChI=1S/C12H22N2/c1-13(2)9-5-3-4-6-10-14-11-7-8-12-14/h3,5,7-12H2,1-2H3. The zero-order valence-corrected chi connectivity index (χ0v) is 9.55. The first-order valence-electron chi connectivity index (χ1n) is 5.62. The van der Waals surface area contributed by atoms with E-state index in [1.807, 2.05) is 0 Å². The summed E-state index contributed by atoms with van der Waals surface area (Å²) in [6, 6.07) is 0. The summed E-state index contributed by atoms with van der Waals surface area (Å²) in [5.74, 6) is 6.51. The number of hydrogen-bond donors (Lipinski definition) is 0. The molecule has 0 saturated carbocycles. The predicted molar refractivity (Wildman–Crippen MR) is 61.2 cm³/mol. The van der Waals surface area contributed by atoms with Crippen LogP contribution in [-0.4, -0.2) is 50.1 Å². The third-order valence-corrected chi connectivity index (χ3v) is 2.53. The van der Waals surface area contributed by atoms with Gasteiger partial charge in [-0.1, -0.05) is 5.92 Å². The zero-order valence-electron chi connectivity index (χ0n) is 9.55. The zero-order chi connectivity index (χ0) is 10.2. The Labute approximate surface area is 88.3 Å².